The van der Waals surface area contributed by atoms with Crippen molar-refractivity contribution in [2.75, 3.05) is 41.0 Å². The second-order valence-electron chi connectivity index (χ2n) is 6.81. The van der Waals surface area contributed by atoms with Gasteiger partial charge >= 0.3 is 0 Å². The minimum absolute atomic E-state index is 0.246. The summed E-state index contributed by atoms with van der Waals surface area (Å²) in [6.45, 7) is 4.92. The maximum atomic E-state index is 11.3. The molecule has 1 amide bonds. The molecule has 0 saturated carbocycles. The number of carbonyl (C=O) groups is 1. The number of nitrogens with zero attached hydrogens (tertiary/aromatic N) is 2. The Labute approximate surface area is 167 Å². The quantitative estimate of drug-likeness (QED) is 0.517. The predicted octanol–water partition coefficient (Wildman–Crippen LogP) is 1.77. The van der Waals surface area contributed by atoms with E-state index in [0.717, 1.165) is 44.0 Å². The van der Waals surface area contributed by atoms with E-state index in [2.05, 4.69) is 10.2 Å². The van der Waals surface area contributed by atoms with Gasteiger partial charge in [0.05, 0.1) is 27.9 Å². The lowest BCUT2D eigenvalue weighted by Crippen LogP contribution is -2.47. The number of hydrogen-bond donors (Lipinski definition) is 2. The van der Waals surface area contributed by atoms with Crippen molar-refractivity contribution in [1.82, 2.24) is 10.2 Å². The number of nitrogens with one attached hydrogen (secondary N) is 1. The van der Waals surface area contributed by atoms with Crippen molar-refractivity contribution in [2.45, 2.75) is 32.7 Å². The summed E-state index contributed by atoms with van der Waals surface area (Å²) in [5.41, 5.74) is 6.29. The monoisotopic (exact) mass is 392 g/mol. The second kappa shape index (κ2) is 10.6. The molecule has 8 heteroatoms. The average Bonchev–Trinajstić information content (AvgIpc) is 2.70. The van der Waals surface area contributed by atoms with Crippen LogP contribution in [0.25, 0.3) is 0 Å². The predicted molar refractivity (Wildman–Crippen MR) is 109 cm³/mol. The molecule has 0 aliphatic carbocycles. The third-order valence-corrected chi connectivity index (χ3v) is 4.83. The molecule has 1 heterocycles. The molecule has 2 rings (SSSR count). The molecular weight excluding hydrogens is 360 g/mol. The molecular formula is C20H32N4O4. The van der Waals surface area contributed by atoms with E-state index in [1.54, 1.807) is 27.4 Å². The van der Waals surface area contributed by atoms with Gasteiger partial charge in [-0.15, -0.1) is 0 Å². The van der Waals surface area contributed by atoms with Gasteiger partial charge in [0.1, 0.15) is 5.75 Å². The number of methoxy groups -OCH3 is 3. The number of guanidine groups is 1. The first-order valence-corrected chi connectivity index (χ1v) is 9.62. The van der Waals surface area contributed by atoms with Crippen molar-refractivity contribution in [2.24, 2.45) is 16.6 Å². The van der Waals surface area contributed by atoms with E-state index < -0.39 is 0 Å². The van der Waals surface area contributed by atoms with Crippen molar-refractivity contribution >= 4 is 11.9 Å². The number of carbonyl (C=O) groups excluding carboxylic acids is 1. The van der Waals surface area contributed by atoms with Crippen molar-refractivity contribution in [3.05, 3.63) is 17.7 Å². The summed E-state index contributed by atoms with van der Waals surface area (Å²) in [7, 11) is 4.82. The van der Waals surface area contributed by atoms with E-state index in [9.17, 15) is 4.79 Å². The molecule has 28 heavy (non-hydrogen) atoms. The van der Waals surface area contributed by atoms with Crippen LogP contribution in [0.2, 0.25) is 0 Å². The SMILES string of the molecule is CCNC(=NCc1cc(OC)c(OC)cc1OC)N1CCCC(CC(N)=O)C1. The van der Waals surface area contributed by atoms with Crippen LogP contribution < -0.4 is 25.3 Å². The highest BCUT2D eigenvalue weighted by molar-refractivity contribution is 5.80. The zero-order valence-electron chi connectivity index (χ0n) is 17.3. The smallest absolute Gasteiger partial charge is 0.217 e. The molecule has 1 aromatic carbocycles. The third kappa shape index (κ3) is 5.68. The number of hydrogen-bond acceptors (Lipinski definition) is 5. The van der Waals surface area contributed by atoms with Crippen LogP contribution in [-0.4, -0.2) is 57.7 Å². The standard InChI is InChI=1S/C20H32N4O4/c1-5-22-20(24-8-6-7-14(13-24)9-19(21)25)23-12-15-10-17(27-3)18(28-4)11-16(15)26-2/h10-11,14H,5-9,12-13H2,1-4H3,(H2,21,25)(H,22,23). The Bertz CT molecular complexity index is 693. The lowest BCUT2D eigenvalue weighted by Gasteiger charge is -2.34. The molecule has 156 valence electrons. The van der Waals surface area contributed by atoms with Crippen molar-refractivity contribution < 1.29 is 19.0 Å². The van der Waals surface area contributed by atoms with E-state index in [-0.39, 0.29) is 11.8 Å². The Balaban J connectivity index is 2.21. The zero-order chi connectivity index (χ0) is 20.5. The molecule has 8 nitrogen and oxygen atoms in total. The molecule has 1 fully saturated rings. The Morgan fingerprint density at radius 2 is 1.89 bits per heavy atom. The molecule has 1 atom stereocenters. The van der Waals surface area contributed by atoms with E-state index in [4.69, 9.17) is 24.9 Å². The van der Waals surface area contributed by atoms with Crippen molar-refractivity contribution in [3.8, 4) is 17.2 Å². The molecule has 3 N–H and O–H groups in total. The van der Waals surface area contributed by atoms with Gasteiger partial charge in [0, 0.05) is 37.7 Å². The number of nitrogens with two attached hydrogens (primary N) is 1. The summed E-state index contributed by atoms with van der Waals surface area (Å²) < 4.78 is 16.2. The number of primary amides is 1. The fraction of sp³-hybridized carbons (Fsp3) is 0.600. The van der Waals surface area contributed by atoms with Crippen LogP contribution in [0.1, 0.15) is 31.7 Å². The molecule has 0 spiro atoms. The summed E-state index contributed by atoms with van der Waals surface area (Å²) in [4.78, 5) is 18.3. The molecule has 1 unspecified atom stereocenters. The zero-order valence-corrected chi connectivity index (χ0v) is 17.3. The van der Waals surface area contributed by atoms with Gasteiger partial charge in [0.25, 0.3) is 0 Å². The highest BCUT2D eigenvalue weighted by Gasteiger charge is 2.23. The normalized spacial score (nSPS) is 17.2. The number of likely N-dealkylation sites (tertiary alicyclic amines) is 1. The summed E-state index contributed by atoms with van der Waals surface area (Å²) in [5.74, 6) is 2.80. The number of aliphatic imine (C=N–C) groups is 1. The minimum Gasteiger partial charge on any atom is -0.496 e. The van der Waals surface area contributed by atoms with Gasteiger partial charge in [-0.2, -0.15) is 0 Å². The highest BCUT2D eigenvalue weighted by atomic mass is 16.5. The molecule has 0 aromatic heterocycles. The van der Waals surface area contributed by atoms with Crippen LogP contribution in [-0.2, 0) is 11.3 Å². The van der Waals surface area contributed by atoms with Gasteiger partial charge in [0.2, 0.25) is 5.91 Å². The van der Waals surface area contributed by atoms with E-state index in [1.165, 1.54) is 0 Å². The second-order valence-corrected chi connectivity index (χ2v) is 6.81. The summed E-state index contributed by atoms with van der Waals surface area (Å²) >= 11 is 0. The van der Waals surface area contributed by atoms with Gasteiger partial charge in [-0.05, 0) is 31.7 Å². The summed E-state index contributed by atoms with van der Waals surface area (Å²) in [6, 6.07) is 3.69. The number of amides is 1. The van der Waals surface area contributed by atoms with Gasteiger partial charge in [0.15, 0.2) is 17.5 Å². The Hall–Kier alpha value is -2.64. The first-order chi connectivity index (χ1) is 13.5. The first kappa shape index (κ1) is 21.7. The van der Waals surface area contributed by atoms with Crippen LogP contribution in [0.15, 0.2) is 17.1 Å². The molecule has 1 aromatic rings. The Kier molecular flexibility index (Phi) is 8.22. The third-order valence-electron chi connectivity index (χ3n) is 4.83. The Morgan fingerprint density at radius 3 is 2.50 bits per heavy atom. The highest BCUT2D eigenvalue weighted by Crippen LogP contribution is 2.35. The fourth-order valence-corrected chi connectivity index (χ4v) is 3.51. The van der Waals surface area contributed by atoms with Crippen LogP contribution in [0.4, 0.5) is 0 Å². The van der Waals surface area contributed by atoms with E-state index >= 15 is 0 Å². The topological polar surface area (TPSA) is 98.4 Å². The van der Waals surface area contributed by atoms with Crippen LogP contribution in [0.3, 0.4) is 0 Å². The van der Waals surface area contributed by atoms with Crippen LogP contribution in [0, 0.1) is 5.92 Å². The molecule has 0 bridgehead atoms. The maximum Gasteiger partial charge on any atom is 0.217 e. The Morgan fingerprint density at radius 1 is 1.21 bits per heavy atom. The maximum absolute atomic E-state index is 11.3. The van der Waals surface area contributed by atoms with Gasteiger partial charge < -0.3 is 30.2 Å². The number of piperidine rings is 1. The summed E-state index contributed by atoms with van der Waals surface area (Å²) in [5, 5.41) is 3.35. The van der Waals surface area contributed by atoms with E-state index in [0.29, 0.717) is 30.2 Å². The lowest BCUT2D eigenvalue weighted by molar-refractivity contribution is -0.119. The van der Waals surface area contributed by atoms with Crippen molar-refractivity contribution in [1.29, 1.82) is 0 Å². The van der Waals surface area contributed by atoms with Crippen LogP contribution in [0.5, 0.6) is 17.2 Å². The molecule has 0 radical (unpaired) electrons. The first-order valence-electron chi connectivity index (χ1n) is 9.62. The molecule has 1 aliphatic rings. The van der Waals surface area contributed by atoms with Gasteiger partial charge in [-0.25, -0.2) is 4.99 Å². The van der Waals surface area contributed by atoms with Crippen LogP contribution >= 0.6 is 0 Å². The number of benzene rings is 1. The lowest BCUT2D eigenvalue weighted by atomic mass is 9.95. The molecule has 1 saturated heterocycles. The number of rotatable bonds is 8. The number of ether oxygens (including phenoxy) is 3. The van der Waals surface area contributed by atoms with Gasteiger partial charge in [-0.3, -0.25) is 4.79 Å². The fourth-order valence-electron chi connectivity index (χ4n) is 3.51. The largest absolute Gasteiger partial charge is 0.496 e. The van der Waals surface area contributed by atoms with E-state index in [1.807, 2.05) is 13.0 Å². The van der Waals surface area contributed by atoms with Crippen molar-refractivity contribution in [3.63, 3.8) is 0 Å². The minimum atomic E-state index is -0.246. The summed E-state index contributed by atoms with van der Waals surface area (Å²) in [6.07, 6.45) is 2.45. The average molecular weight is 393 g/mol. The van der Waals surface area contributed by atoms with Gasteiger partial charge in [-0.1, -0.05) is 0 Å². The molecule has 1 aliphatic heterocycles.